The molecular weight excluding hydrogens is 296 g/mol. The maximum Gasteiger partial charge on any atom is 0.267 e. The van der Waals surface area contributed by atoms with Gasteiger partial charge in [0, 0.05) is 22.5 Å². The highest BCUT2D eigenvalue weighted by Gasteiger charge is 2.09. The summed E-state index contributed by atoms with van der Waals surface area (Å²) in [5.74, 6) is -0.0807. The molecule has 1 heterocycles. The number of rotatable bonds is 4. The third-order valence-electron chi connectivity index (χ3n) is 3.63. The van der Waals surface area contributed by atoms with Crippen LogP contribution in [0.3, 0.4) is 0 Å². The Morgan fingerprint density at radius 1 is 1.14 bits per heavy atom. The number of nitrogens with one attached hydrogen (secondary N) is 2. The highest BCUT2D eigenvalue weighted by molar-refractivity contribution is 6.30. The van der Waals surface area contributed by atoms with E-state index in [2.05, 4.69) is 16.4 Å². The topological polar surface area (TPSA) is 44.9 Å². The third kappa shape index (κ3) is 3.31. The molecule has 0 aliphatic carbocycles. The van der Waals surface area contributed by atoms with Crippen LogP contribution < -0.4 is 5.32 Å². The second kappa shape index (κ2) is 6.24. The zero-order chi connectivity index (χ0) is 15.5. The maximum atomic E-state index is 12.2. The first-order valence-electron chi connectivity index (χ1n) is 7.24. The molecule has 0 bridgehead atoms. The number of halogens is 1. The lowest BCUT2D eigenvalue weighted by molar-refractivity contribution is 0.0950. The summed E-state index contributed by atoms with van der Waals surface area (Å²) in [7, 11) is 0. The number of carbonyl (C=O) groups excluding carboxylic acids is 1. The van der Waals surface area contributed by atoms with Crippen molar-refractivity contribution in [3.8, 4) is 0 Å². The smallest absolute Gasteiger partial charge is 0.267 e. The van der Waals surface area contributed by atoms with Gasteiger partial charge in [-0.2, -0.15) is 0 Å². The van der Waals surface area contributed by atoms with Crippen LogP contribution >= 0.6 is 11.6 Å². The molecule has 3 nitrogen and oxygen atoms in total. The average molecular weight is 313 g/mol. The largest absolute Gasteiger partial charge is 0.351 e. The van der Waals surface area contributed by atoms with E-state index in [9.17, 15) is 4.79 Å². The number of H-pyrrole nitrogens is 1. The fourth-order valence-electron chi connectivity index (χ4n) is 2.44. The molecule has 0 radical (unpaired) electrons. The molecule has 4 heteroatoms. The monoisotopic (exact) mass is 312 g/mol. The van der Waals surface area contributed by atoms with Crippen LogP contribution in [0.25, 0.3) is 10.9 Å². The molecule has 2 aromatic carbocycles. The molecule has 0 saturated carbocycles. The molecule has 0 aliphatic rings. The van der Waals surface area contributed by atoms with Gasteiger partial charge in [-0.25, -0.2) is 0 Å². The first-order valence-corrected chi connectivity index (χ1v) is 7.61. The Hall–Kier alpha value is -2.26. The van der Waals surface area contributed by atoms with E-state index >= 15 is 0 Å². The number of amides is 1. The molecule has 3 rings (SSSR count). The van der Waals surface area contributed by atoms with Gasteiger partial charge in [0.2, 0.25) is 0 Å². The van der Waals surface area contributed by atoms with Gasteiger partial charge in [-0.3, -0.25) is 4.79 Å². The van der Waals surface area contributed by atoms with Gasteiger partial charge < -0.3 is 10.3 Å². The van der Waals surface area contributed by atoms with Crippen molar-refractivity contribution in [2.45, 2.75) is 13.3 Å². The van der Waals surface area contributed by atoms with Gasteiger partial charge in [0.15, 0.2) is 0 Å². The first kappa shape index (κ1) is 14.7. The van der Waals surface area contributed by atoms with Crippen LogP contribution in [-0.2, 0) is 6.42 Å². The molecule has 0 fully saturated rings. The van der Waals surface area contributed by atoms with Gasteiger partial charge in [0.25, 0.3) is 5.91 Å². The van der Waals surface area contributed by atoms with E-state index < -0.39 is 0 Å². The molecular formula is C18H17ClN2O. The second-order valence-corrected chi connectivity index (χ2v) is 5.84. The normalized spacial score (nSPS) is 10.8. The molecule has 112 valence electrons. The molecule has 2 N–H and O–H groups in total. The number of aryl methyl sites for hydroxylation is 1. The zero-order valence-electron chi connectivity index (χ0n) is 12.3. The Kier molecular flexibility index (Phi) is 4.16. The summed E-state index contributed by atoms with van der Waals surface area (Å²) in [6.45, 7) is 2.63. The van der Waals surface area contributed by atoms with Crippen LogP contribution in [0.5, 0.6) is 0 Å². The van der Waals surface area contributed by atoms with Gasteiger partial charge >= 0.3 is 0 Å². The van der Waals surface area contributed by atoms with E-state index in [-0.39, 0.29) is 5.91 Å². The van der Waals surface area contributed by atoms with E-state index in [0.717, 1.165) is 27.9 Å². The number of benzene rings is 2. The zero-order valence-corrected chi connectivity index (χ0v) is 13.1. The minimum absolute atomic E-state index is 0.0807. The first-order chi connectivity index (χ1) is 10.6. The van der Waals surface area contributed by atoms with Crippen LogP contribution in [0, 0.1) is 6.92 Å². The second-order valence-electron chi connectivity index (χ2n) is 5.41. The molecule has 0 unspecified atom stereocenters. The van der Waals surface area contributed by atoms with Crippen LogP contribution in [0.4, 0.5) is 0 Å². The lowest BCUT2D eigenvalue weighted by atomic mass is 10.1. The van der Waals surface area contributed by atoms with Crippen molar-refractivity contribution in [2.24, 2.45) is 0 Å². The molecule has 0 saturated heterocycles. The Labute approximate surface area is 134 Å². The highest BCUT2D eigenvalue weighted by Crippen LogP contribution is 2.17. The lowest BCUT2D eigenvalue weighted by Crippen LogP contribution is -2.25. The predicted molar refractivity (Wildman–Crippen MR) is 90.5 cm³/mol. The van der Waals surface area contributed by atoms with E-state index in [1.807, 2.05) is 49.4 Å². The minimum atomic E-state index is -0.0807. The molecule has 0 aliphatic heterocycles. The predicted octanol–water partition coefficient (Wildman–Crippen LogP) is 4.10. The van der Waals surface area contributed by atoms with Crippen molar-refractivity contribution in [2.75, 3.05) is 6.54 Å². The van der Waals surface area contributed by atoms with Crippen LogP contribution in [-0.4, -0.2) is 17.4 Å². The minimum Gasteiger partial charge on any atom is -0.351 e. The number of hydrogen-bond acceptors (Lipinski definition) is 1. The Morgan fingerprint density at radius 2 is 1.91 bits per heavy atom. The number of hydrogen-bond donors (Lipinski definition) is 2. The summed E-state index contributed by atoms with van der Waals surface area (Å²) in [5, 5.41) is 4.72. The number of carbonyl (C=O) groups is 1. The fraction of sp³-hybridized carbons (Fsp3) is 0.167. The van der Waals surface area contributed by atoms with Crippen LogP contribution in [0.1, 0.15) is 21.6 Å². The van der Waals surface area contributed by atoms with Gasteiger partial charge in [-0.1, -0.05) is 35.4 Å². The molecule has 0 atom stereocenters. The van der Waals surface area contributed by atoms with E-state index in [4.69, 9.17) is 11.6 Å². The number of aromatic nitrogens is 1. The Bertz CT molecular complexity index is 806. The quantitative estimate of drug-likeness (QED) is 0.748. The molecule has 1 aromatic heterocycles. The molecule has 1 amide bonds. The van der Waals surface area contributed by atoms with Crippen molar-refractivity contribution >= 4 is 28.4 Å². The Balaban J connectivity index is 1.62. The van der Waals surface area contributed by atoms with Gasteiger partial charge in [-0.15, -0.1) is 0 Å². The summed E-state index contributed by atoms with van der Waals surface area (Å²) < 4.78 is 0. The average Bonchev–Trinajstić information content (AvgIpc) is 2.92. The van der Waals surface area contributed by atoms with Crippen molar-refractivity contribution in [3.63, 3.8) is 0 Å². The standard InChI is InChI=1S/C18H17ClN2O/c1-12-2-7-16-14(10-12)11-17(21-16)18(22)20-9-8-13-3-5-15(19)6-4-13/h2-7,10-11,21H,8-9H2,1H3,(H,20,22). The van der Waals surface area contributed by atoms with Crippen molar-refractivity contribution in [3.05, 3.63) is 70.4 Å². The lowest BCUT2D eigenvalue weighted by Gasteiger charge is -2.04. The van der Waals surface area contributed by atoms with Crippen LogP contribution in [0.15, 0.2) is 48.5 Å². The third-order valence-corrected chi connectivity index (χ3v) is 3.89. The maximum absolute atomic E-state index is 12.2. The fourth-order valence-corrected chi connectivity index (χ4v) is 2.57. The molecule has 0 spiro atoms. The highest BCUT2D eigenvalue weighted by atomic mass is 35.5. The van der Waals surface area contributed by atoms with Crippen molar-refractivity contribution in [1.82, 2.24) is 10.3 Å². The number of aromatic amines is 1. The summed E-state index contributed by atoms with van der Waals surface area (Å²) in [6, 6.07) is 15.6. The summed E-state index contributed by atoms with van der Waals surface area (Å²) in [6.07, 6.45) is 0.780. The van der Waals surface area contributed by atoms with E-state index in [1.54, 1.807) is 0 Å². The van der Waals surface area contributed by atoms with E-state index in [0.29, 0.717) is 12.2 Å². The van der Waals surface area contributed by atoms with Gasteiger partial charge in [0.05, 0.1) is 0 Å². The van der Waals surface area contributed by atoms with Crippen molar-refractivity contribution < 1.29 is 4.79 Å². The Morgan fingerprint density at radius 3 is 2.68 bits per heavy atom. The summed E-state index contributed by atoms with van der Waals surface area (Å²) in [4.78, 5) is 15.3. The summed E-state index contributed by atoms with van der Waals surface area (Å²) in [5.41, 5.74) is 3.91. The molecule has 3 aromatic rings. The van der Waals surface area contributed by atoms with Crippen molar-refractivity contribution in [1.29, 1.82) is 0 Å². The number of fused-ring (bicyclic) bond motifs is 1. The SMILES string of the molecule is Cc1ccc2[nH]c(C(=O)NCCc3ccc(Cl)cc3)cc2c1. The van der Waals surface area contributed by atoms with Gasteiger partial charge in [-0.05, 0) is 49.2 Å². The summed E-state index contributed by atoms with van der Waals surface area (Å²) >= 11 is 5.85. The van der Waals surface area contributed by atoms with Gasteiger partial charge in [0.1, 0.15) is 5.69 Å². The van der Waals surface area contributed by atoms with Crippen LogP contribution in [0.2, 0.25) is 5.02 Å². The molecule has 22 heavy (non-hydrogen) atoms. The van der Waals surface area contributed by atoms with E-state index in [1.165, 1.54) is 5.56 Å².